The third-order valence-electron chi connectivity index (χ3n) is 2.85. The minimum Gasteiger partial charge on any atom is -0.370 e. The van der Waals surface area contributed by atoms with Crippen LogP contribution in [0, 0.1) is 5.92 Å². The number of nitrogens with one attached hydrogen (secondary N) is 2. The van der Waals surface area contributed by atoms with E-state index in [2.05, 4.69) is 15.0 Å². The van der Waals surface area contributed by atoms with Crippen molar-refractivity contribution in [1.82, 2.24) is 10.0 Å². The van der Waals surface area contributed by atoms with E-state index in [4.69, 9.17) is 5.73 Å². The summed E-state index contributed by atoms with van der Waals surface area (Å²) in [5.41, 5.74) is 6.56. The Hall–Kier alpha value is -1.60. The van der Waals surface area contributed by atoms with E-state index in [0.717, 1.165) is 5.56 Å². The molecule has 6 nitrogen and oxygen atoms in total. The van der Waals surface area contributed by atoms with Gasteiger partial charge in [0.1, 0.15) is 0 Å². The number of nitrogens with zero attached hydrogens (tertiary/aromatic N) is 1. The van der Waals surface area contributed by atoms with Gasteiger partial charge in [-0.1, -0.05) is 26.0 Å². The number of nitrogens with two attached hydrogens (primary N) is 1. The Kier molecular flexibility index (Phi) is 6.58. The van der Waals surface area contributed by atoms with Crippen molar-refractivity contribution in [3.63, 3.8) is 0 Å². The van der Waals surface area contributed by atoms with Gasteiger partial charge in [-0.3, -0.25) is 0 Å². The van der Waals surface area contributed by atoms with E-state index < -0.39 is 10.0 Å². The number of hydrogen-bond donors (Lipinski definition) is 3. The molecule has 1 aromatic carbocycles. The maximum atomic E-state index is 12.1. The second kappa shape index (κ2) is 7.79. The van der Waals surface area contributed by atoms with Crippen LogP contribution in [0.15, 0.2) is 34.2 Å². The van der Waals surface area contributed by atoms with Gasteiger partial charge in [0.05, 0.1) is 11.4 Å². The summed E-state index contributed by atoms with van der Waals surface area (Å²) in [7, 11) is -3.45. The number of sulfonamides is 1. The molecule has 0 saturated carbocycles. The zero-order chi connectivity index (χ0) is 17.7. The molecule has 130 valence electrons. The van der Waals surface area contributed by atoms with Crippen molar-refractivity contribution in [2.45, 2.75) is 51.6 Å². The smallest absolute Gasteiger partial charge is 0.240 e. The lowest BCUT2D eigenvalue weighted by molar-refractivity contribution is 0.508. The zero-order valence-corrected chi connectivity index (χ0v) is 15.4. The molecule has 1 aromatic rings. The normalized spacial score (nSPS) is 13.4. The third kappa shape index (κ3) is 7.47. The topological polar surface area (TPSA) is 96.6 Å². The number of rotatable bonds is 6. The second-order valence-corrected chi connectivity index (χ2v) is 8.73. The number of hydrogen-bond acceptors (Lipinski definition) is 3. The number of aliphatic imine (C=N–C) groups is 1. The molecule has 0 saturated heterocycles. The average molecular weight is 340 g/mol. The molecule has 7 heteroatoms. The predicted octanol–water partition coefficient (Wildman–Crippen LogP) is 1.82. The fourth-order valence-electron chi connectivity index (χ4n) is 1.73. The first kappa shape index (κ1) is 19.4. The van der Waals surface area contributed by atoms with Crippen molar-refractivity contribution in [3.8, 4) is 0 Å². The second-order valence-electron chi connectivity index (χ2n) is 6.97. The van der Waals surface area contributed by atoms with Gasteiger partial charge in [-0.25, -0.2) is 18.1 Å². The molecule has 0 aliphatic rings. The van der Waals surface area contributed by atoms with Gasteiger partial charge in [0.2, 0.25) is 10.0 Å². The molecule has 0 bridgehead atoms. The molecule has 0 heterocycles. The van der Waals surface area contributed by atoms with Crippen LogP contribution >= 0.6 is 0 Å². The third-order valence-corrected chi connectivity index (χ3v) is 4.29. The first-order valence-corrected chi connectivity index (χ1v) is 9.14. The van der Waals surface area contributed by atoms with E-state index in [0.29, 0.717) is 19.0 Å². The van der Waals surface area contributed by atoms with Crippen LogP contribution in [0.5, 0.6) is 0 Å². The minimum atomic E-state index is -3.45. The lowest BCUT2D eigenvalue weighted by atomic mass is 10.1. The van der Waals surface area contributed by atoms with Gasteiger partial charge in [-0.05, 0) is 44.4 Å². The predicted molar refractivity (Wildman–Crippen MR) is 94.7 cm³/mol. The highest BCUT2D eigenvalue weighted by molar-refractivity contribution is 7.89. The lowest BCUT2D eigenvalue weighted by Gasteiger charge is -2.21. The molecule has 23 heavy (non-hydrogen) atoms. The molecule has 0 radical (unpaired) electrons. The van der Waals surface area contributed by atoms with Crippen LogP contribution in [0.25, 0.3) is 0 Å². The van der Waals surface area contributed by atoms with Crippen molar-refractivity contribution in [2.75, 3.05) is 6.54 Å². The Bertz CT molecular complexity index is 629. The Morgan fingerprint density at radius 3 is 2.26 bits per heavy atom. The van der Waals surface area contributed by atoms with E-state index in [-0.39, 0.29) is 16.4 Å². The van der Waals surface area contributed by atoms with Crippen LogP contribution in [-0.4, -0.2) is 26.5 Å². The molecular weight excluding hydrogens is 312 g/mol. The maximum Gasteiger partial charge on any atom is 0.240 e. The zero-order valence-electron chi connectivity index (χ0n) is 14.6. The van der Waals surface area contributed by atoms with Gasteiger partial charge in [0.15, 0.2) is 5.96 Å². The summed E-state index contributed by atoms with van der Waals surface area (Å²) < 4.78 is 26.8. The standard InChI is InChI=1S/C16H28N4O2S/c1-12(2)10-19-23(21,22)14-8-6-13(7-9-14)11-18-15(17)20-16(3,4)5/h6-9,12,19H,10-11H2,1-5H3,(H3,17,18,20). The van der Waals surface area contributed by atoms with Gasteiger partial charge in [0, 0.05) is 12.1 Å². The van der Waals surface area contributed by atoms with Gasteiger partial charge in [-0.2, -0.15) is 0 Å². The van der Waals surface area contributed by atoms with E-state index in [1.807, 2.05) is 34.6 Å². The Labute approximate surface area is 139 Å². The molecule has 0 atom stereocenters. The Morgan fingerprint density at radius 1 is 1.22 bits per heavy atom. The minimum absolute atomic E-state index is 0.145. The van der Waals surface area contributed by atoms with E-state index in [1.54, 1.807) is 24.3 Å². The van der Waals surface area contributed by atoms with Crippen LogP contribution in [-0.2, 0) is 16.6 Å². The van der Waals surface area contributed by atoms with Crippen molar-refractivity contribution in [3.05, 3.63) is 29.8 Å². The maximum absolute atomic E-state index is 12.1. The van der Waals surface area contributed by atoms with Crippen LogP contribution in [0.1, 0.15) is 40.2 Å². The monoisotopic (exact) mass is 340 g/mol. The number of guanidine groups is 1. The lowest BCUT2D eigenvalue weighted by Crippen LogP contribution is -2.44. The van der Waals surface area contributed by atoms with Crippen LogP contribution in [0.2, 0.25) is 0 Å². The summed E-state index contributed by atoms with van der Waals surface area (Å²) in [4.78, 5) is 4.51. The Balaban J connectivity index is 2.72. The van der Waals surface area contributed by atoms with Gasteiger partial charge in [0.25, 0.3) is 0 Å². The van der Waals surface area contributed by atoms with Crippen molar-refractivity contribution in [1.29, 1.82) is 0 Å². The fourth-order valence-corrected chi connectivity index (χ4v) is 2.95. The van der Waals surface area contributed by atoms with Gasteiger partial charge in [-0.15, -0.1) is 0 Å². The van der Waals surface area contributed by atoms with Crippen LogP contribution in [0.4, 0.5) is 0 Å². The summed E-state index contributed by atoms with van der Waals surface area (Å²) in [6.45, 7) is 10.7. The summed E-state index contributed by atoms with van der Waals surface area (Å²) in [6, 6.07) is 6.66. The summed E-state index contributed by atoms with van der Waals surface area (Å²) >= 11 is 0. The van der Waals surface area contributed by atoms with E-state index in [1.165, 1.54) is 0 Å². The number of benzene rings is 1. The molecule has 0 amide bonds. The molecule has 0 aromatic heterocycles. The highest BCUT2D eigenvalue weighted by Crippen LogP contribution is 2.11. The van der Waals surface area contributed by atoms with Gasteiger partial charge < -0.3 is 11.1 Å². The van der Waals surface area contributed by atoms with Crippen LogP contribution < -0.4 is 15.8 Å². The largest absolute Gasteiger partial charge is 0.370 e. The van der Waals surface area contributed by atoms with Crippen molar-refractivity contribution < 1.29 is 8.42 Å². The van der Waals surface area contributed by atoms with Crippen molar-refractivity contribution >= 4 is 16.0 Å². The average Bonchev–Trinajstić information content (AvgIpc) is 2.42. The SMILES string of the molecule is CC(C)CNS(=O)(=O)c1ccc(CN=C(N)NC(C)(C)C)cc1. The molecule has 0 fully saturated rings. The van der Waals surface area contributed by atoms with Crippen molar-refractivity contribution in [2.24, 2.45) is 16.6 Å². The molecule has 4 N–H and O–H groups in total. The highest BCUT2D eigenvalue weighted by atomic mass is 32.2. The molecule has 0 unspecified atom stereocenters. The molecular formula is C16H28N4O2S. The first-order chi connectivity index (χ1) is 10.5. The summed E-state index contributed by atoms with van der Waals surface area (Å²) in [5, 5.41) is 3.07. The van der Waals surface area contributed by atoms with Gasteiger partial charge >= 0.3 is 0 Å². The van der Waals surface area contributed by atoms with E-state index in [9.17, 15) is 8.42 Å². The fraction of sp³-hybridized carbons (Fsp3) is 0.562. The molecule has 0 spiro atoms. The van der Waals surface area contributed by atoms with E-state index >= 15 is 0 Å². The first-order valence-electron chi connectivity index (χ1n) is 7.66. The molecule has 1 rings (SSSR count). The summed E-state index contributed by atoms with van der Waals surface area (Å²) in [6.07, 6.45) is 0. The highest BCUT2D eigenvalue weighted by Gasteiger charge is 2.14. The quantitative estimate of drug-likeness (QED) is 0.543. The molecule has 0 aliphatic carbocycles. The molecule has 0 aliphatic heterocycles. The Morgan fingerprint density at radius 2 is 1.78 bits per heavy atom. The van der Waals surface area contributed by atoms with Crippen LogP contribution in [0.3, 0.4) is 0 Å². The summed E-state index contributed by atoms with van der Waals surface area (Å²) in [5.74, 6) is 0.629.